The Bertz CT molecular complexity index is 897. The van der Waals surface area contributed by atoms with Crippen molar-refractivity contribution in [1.29, 1.82) is 0 Å². The second-order valence-corrected chi connectivity index (χ2v) is 6.73. The molecule has 0 aliphatic carbocycles. The summed E-state index contributed by atoms with van der Waals surface area (Å²) in [5, 5.41) is 10.7. The van der Waals surface area contributed by atoms with Crippen LogP contribution in [0.1, 0.15) is 17.7 Å². The first kappa shape index (κ1) is 17.8. The smallest absolute Gasteiger partial charge is 0.123 e. The van der Waals surface area contributed by atoms with Crippen LogP contribution in [0.25, 0.3) is 11.3 Å². The Labute approximate surface area is 156 Å². The molecule has 1 fully saturated rings. The highest BCUT2D eigenvalue weighted by Gasteiger charge is 2.24. The quantitative estimate of drug-likeness (QED) is 0.721. The summed E-state index contributed by atoms with van der Waals surface area (Å²) in [6, 6.07) is 12.9. The van der Waals surface area contributed by atoms with Crippen LogP contribution in [0.3, 0.4) is 0 Å². The Hall–Kier alpha value is -2.64. The fourth-order valence-electron chi connectivity index (χ4n) is 3.34. The van der Waals surface area contributed by atoms with E-state index in [-0.39, 0.29) is 17.7 Å². The predicted octanol–water partition coefficient (Wildman–Crippen LogP) is 3.54. The summed E-state index contributed by atoms with van der Waals surface area (Å²) in [7, 11) is 0. The zero-order valence-corrected chi connectivity index (χ0v) is 14.7. The fourth-order valence-corrected chi connectivity index (χ4v) is 3.34. The Morgan fingerprint density at radius 3 is 2.78 bits per heavy atom. The van der Waals surface area contributed by atoms with Gasteiger partial charge in [-0.1, -0.05) is 29.5 Å². The molecule has 0 amide bonds. The molecular formula is C20H20F2N4O. The third-order valence-electron chi connectivity index (χ3n) is 4.73. The minimum absolute atomic E-state index is 0.106. The molecule has 1 aliphatic heterocycles. The van der Waals surface area contributed by atoms with Gasteiger partial charge >= 0.3 is 0 Å². The monoisotopic (exact) mass is 370 g/mol. The van der Waals surface area contributed by atoms with Gasteiger partial charge in [0.1, 0.15) is 17.3 Å². The van der Waals surface area contributed by atoms with Crippen molar-refractivity contribution in [2.75, 3.05) is 13.1 Å². The number of hydrogen-bond acceptors (Lipinski definition) is 4. The highest BCUT2D eigenvalue weighted by molar-refractivity contribution is 5.60. The predicted molar refractivity (Wildman–Crippen MR) is 96.6 cm³/mol. The average Bonchev–Trinajstić information content (AvgIpc) is 3.31. The molecule has 0 radical (unpaired) electrons. The average molecular weight is 370 g/mol. The highest BCUT2D eigenvalue weighted by Crippen LogP contribution is 2.23. The molecule has 5 nitrogen and oxygen atoms in total. The number of nitrogens with one attached hydrogen (secondary N) is 1. The molecule has 2 heterocycles. The topological polar surface area (TPSA) is 54.0 Å². The molecule has 4 rings (SSSR count). The fraction of sp³-hybridized carbons (Fsp3) is 0.300. The number of halogens is 2. The van der Waals surface area contributed by atoms with Crippen LogP contribution in [0.4, 0.5) is 8.78 Å². The van der Waals surface area contributed by atoms with Gasteiger partial charge in [0.15, 0.2) is 0 Å². The van der Waals surface area contributed by atoms with Crippen LogP contribution in [0.5, 0.6) is 0 Å². The summed E-state index contributed by atoms with van der Waals surface area (Å²) in [6.45, 7) is 2.86. The highest BCUT2D eigenvalue weighted by atomic mass is 19.1. The standard InChI is InChI=1S/C20H20F2N4O/c21-16-6-4-14(5-7-16)11-26-9-8-18(12-26)27-13-19-20(24-25-23-19)15-2-1-3-17(22)10-15/h1-7,10,18H,8-9,11-13H2,(H,23,24,25)/t18-/m0/s1. The van der Waals surface area contributed by atoms with Gasteiger partial charge in [-0.2, -0.15) is 0 Å². The molecule has 0 spiro atoms. The van der Waals surface area contributed by atoms with Gasteiger partial charge in [-0.3, -0.25) is 10.00 Å². The lowest BCUT2D eigenvalue weighted by Gasteiger charge is -2.16. The molecule has 2 aromatic carbocycles. The first-order valence-corrected chi connectivity index (χ1v) is 8.91. The van der Waals surface area contributed by atoms with Crippen LogP contribution in [-0.4, -0.2) is 39.5 Å². The van der Waals surface area contributed by atoms with E-state index in [4.69, 9.17) is 4.74 Å². The summed E-state index contributed by atoms with van der Waals surface area (Å²) in [6.07, 6.45) is 1.03. The number of aromatic amines is 1. The summed E-state index contributed by atoms with van der Waals surface area (Å²) < 4.78 is 32.5. The van der Waals surface area contributed by atoms with Gasteiger partial charge in [0.25, 0.3) is 0 Å². The summed E-state index contributed by atoms with van der Waals surface area (Å²) in [5.41, 5.74) is 3.10. The van der Waals surface area contributed by atoms with Crippen LogP contribution < -0.4 is 0 Å². The van der Waals surface area contributed by atoms with Crippen molar-refractivity contribution in [3.63, 3.8) is 0 Å². The lowest BCUT2D eigenvalue weighted by molar-refractivity contribution is 0.0445. The van der Waals surface area contributed by atoms with Crippen molar-refractivity contribution in [2.24, 2.45) is 0 Å². The maximum Gasteiger partial charge on any atom is 0.123 e. The molecule has 0 saturated carbocycles. The van der Waals surface area contributed by atoms with Crippen molar-refractivity contribution >= 4 is 0 Å². The van der Waals surface area contributed by atoms with E-state index in [0.29, 0.717) is 17.9 Å². The molecule has 1 aromatic heterocycles. The van der Waals surface area contributed by atoms with Gasteiger partial charge in [-0.25, -0.2) is 8.78 Å². The zero-order valence-electron chi connectivity index (χ0n) is 14.7. The van der Waals surface area contributed by atoms with Crippen molar-refractivity contribution in [1.82, 2.24) is 20.3 Å². The zero-order chi connectivity index (χ0) is 18.6. The molecular weight excluding hydrogens is 350 g/mol. The summed E-state index contributed by atoms with van der Waals surface area (Å²) >= 11 is 0. The van der Waals surface area contributed by atoms with Crippen molar-refractivity contribution in [2.45, 2.75) is 25.7 Å². The number of rotatable bonds is 6. The van der Waals surface area contributed by atoms with E-state index in [9.17, 15) is 8.78 Å². The van der Waals surface area contributed by atoms with Crippen LogP contribution in [-0.2, 0) is 17.9 Å². The van der Waals surface area contributed by atoms with Gasteiger partial charge in [-0.05, 0) is 36.2 Å². The minimum atomic E-state index is -0.311. The van der Waals surface area contributed by atoms with Gasteiger partial charge in [-0.15, -0.1) is 5.10 Å². The Kier molecular flexibility index (Phi) is 5.22. The lowest BCUT2D eigenvalue weighted by Crippen LogP contribution is -2.23. The third kappa shape index (κ3) is 4.37. The molecule has 140 valence electrons. The van der Waals surface area contributed by atoms with Crippen molar-refractivity contribution < 1.29 is 13.5 Å². The van der Waals surface area contributed by atoms with Crippen molar-refractivity contribution in [3.8, 4) is 11.3 Å². The normalized spacial score (nSPS) is 17.5. The lowest BCUT2D eigenvalue weighted by atomic mass is 10.1. The van der Waals surface area contributed by atoms with E-state index in [0.717, 1.165) is 37.3 Å². The maximum absolute atomic E-state index is 13.5. The van der Waals surface area contributed by atoms with E-state index < -0.39 is 0 Å². The molecule has 1 N–H and O–H groups in total. The minimum Gasteiger partial charge on any atom is -0.370 e. The molecule has 7 heteroatoms. The van der Waals surface area contributed by atoms with Gasteiger partial charge in [0.05, 0.1) is 18.4 Å². The number of benzene rings is 2. The van der Waals surface area contributed by atoms with Crippen molar-refractivity contribution in [3.05, 3.63) is 71.4 Å². The molecule has 0 unspecified atom stereocenters. The molecule has 1 aliphatic rings. The molecule has 27 heavy (non-hydrogen) atoms. The second-order valence-electron chi connectivity index (χ2n) is 6.73. The Morgan fingerprint density at radius 1 is 1.11 bits per heavy atom. The Morgan fingerprint density at radius 2 is 1.96 bits per heavy atom. The largest absolute Gasteiger partial charge is 0.370 e. The number of likely N-dealkylation sites (tertiary alicyclic amines) is 1. The number of nitrogens with zero attached hydrogens (tertiary/aromatic N) is 3. The third-order valence-corrected chi connectivity index (χ3v) is 4.73. The van der Waals surface area contributed by atoms with Crippen LogP contribution in [0, 0.1) is 11.6 Å². The Balaban J connectivity index is 1.33. The van der Waals surface area contributed by atoms with E-state index in [1.165, 1.54) is 24.3 Å². The molecule has 3 aromatic rings. The number of hydrogen-bond donors (Lipinski definition) is 1. The summed E-state index contributed by atoms with van der Waals surface area (Å²) in [4.78, 5) is 2.29. The van der Waals surface area contributed by atoms with E-state index in [1.807, 2.05) is 12.1 Å². The molecule has 0 bridgehead atoms. The number of H-pyrrole nitrogens is 1. The SMILES string of the molecule is Fc1ccc(CN2CC[C@H](OCc3[nH]nnc3-c3cccc(F)c3)C2)cc1. The summed E-state index contributed by atoms with van der Waals surface area (Å²) in [5.74, 6) is -0.529. The first-order valence-electron chi connectivity index (χ1n) is 8.91. The van der Waals surface area contributed by atoms with E-state index in [1.54, 1.807) is 12.1 Å². The second kappa shape index (κ2) is 7.94. The van der Waals surface area contributed by atoms with E-state index >= 15 is 0 Å². The number of aromatic nitrogens is 3. The first-order chi connectivity index (χ1) is 13.2. The van der Waals surface area contributed by atoms with Crippen LogP contribution >= 0.6 is 0 Å². The molecule has 1 saturated heterocycles. The maximum atomic E-state index is 13.5. The van der Waals surface area contributed by atoms with Gasteiger partial charge in [0, 0.05) is 25.2 Å². The van der Waals surface area contributed by atoms with Crippen LogP contribution in [0.15, 0.2) is 48.5 Å². The molecule has 1 atom stereocenters. The van der Waals surface area contributed by atoms with E-state index in [2.05, 4.69) is 20.3 Å². The number of ether oxygens (including phenoxy) is 1. The van der Waals surface area contributed by atoms with Crippen LogP contribution in [0.2, 0.25) is 0 Å². The van der Waals surface area contributed by atoms with Gasteiger partial charge < -0.3 is 4.74 Å². The van der Waals surface area contributed by atoms with Gasteiger partial charge in [0.2, 0.25) is 0 Å².